The normalized spacial score (nSPS) is 25.1. The highest BCUT2D eigenvalue weighted by Gasteiger charge is 2.52. The first-order valence-electron chi connectivity index (χ1n) is 8.62. The fourth-order valence-electron chi connectivity index (χ4n) is 3.01. The monoisotopic (exact) mass is 371 g/mol. The lowest BCUT2D eigenvalue weighted by Gasteiger charge is -2.32. The van der Waals surface area contributed by atoms with Gasteiger partial charge < -0.3 is 14.6 Å². The minimum atomic E-state index is -2.59. The molecule has 1 saturated carbocycles. The number of amides is 1. The molecule has 3 rings (SSSR count). The third-order valence-corrected chi connectivity index (χ3v) is 6.37. The van der Waals surface area contributed by atoms with Crippen LogP contribution in [0.5, 0.6) is 0 Å². The minimum absolute atomic E-state index is 0.165. The highest BCUT2D eigenvalue weighted by molar-refractivity contribution is 7.13. The van der Waals surface area contributed by atoms with E-state index in [0.29, 0.717) is 17.7 Å². The zero-order valence-corrected chi connectivity index (χ0v) is 15.8. The summed E-state index contributed by atoms with van der Waals surface area (Å²) < 4.78 is 38.4. The molecule has 1 amide bonds. The van der Waals surface area contributed by atoms with Crippen molar-refractivity contribution >= 4 is 29.8 Å². The lowest BCUT2D eigenvalue weighted by atomic mass is 9.81. The molecule has 1 aliphatic heterocycles. The largest absolute Gasteiger partial charge is 0.495 e. The van der Waals surface area contributed by atoms with Gasteiger partial charge in [0.1, 0.15) is 0 Å². The lowest BCUT2D eigenvalue weighted by Crippen LogP contribution is -2.41. The Morgan fingerprint density at radius 2 is 1.76 bits per heavy atom. The highest BCUT2D eigenvalue weighted by atomic mass is 32.1. The molecule has 1 aromatic rings. The maximum absolute atomic E-state index is 13.2. The second-order valence-corrected chi connectivity index (χ2v) is 8.85. The molecule has 2 heterocycles. The van der Waals surface area contributed by atoms with Crippen LogP contribution in [0, 0.1) is 0 Å². The van der Waals surface area contributed by atoms with Crippen LogP contribution in [0.2, 0.25) is 0 Å². The maximum atomic E-state index is 13.2. The topological polar surface area (TPSA) is 47.6 Å². The molecule has 138 valence electrons. The predicted molar refractivity (Wildman–Crippen MR) is 94.7 cm³/mol. The van der Waals surface area contributed by atoms with E-state index in [9.17, 15) is 13.6 Å². The number of nitrogens with one attached hydrogen (secondary N) is 1. The summed E-state index contributed by atoms with van der Waals surface area (Å²) in [5.74, 6) is -2.81. The van der Waals surface area contributed by atoms with Gasteiger partial charge in [-0.05, 0) is 57.4 Å². The van der Waals surface area contributed by atoms with Crippen molar-refractivity contribution < 1.29 is 22.9 Å². The van der Waals surface area contributed by atoms with Crippen molar-refractivity contribution in [3.63, 3.8) is 0 Å². The Morgan fingerprint density at radius 1 is 1.20 bits per heavy atom. The van der Waals surface area contributed by atoms with Crippen LogP contribution in [0.3, 0.4) is 0 Å². The van der Waals surface area contributed by atoms with Gasteiger partial charge in [-0.1, -0.05) is 0 Å². The smallest absolute Gasteiger partial charge is 0.399 e. The number of alkyl halides is 2. The van der Waals surface area contributed by atoms with Crippen LogP contribution >= 0.6 is 11.3 Å². The van der Waals surface area contributed by atoms with E-state index in [1.165, 1.54) is 11.3 Å². The third-order valence-electron chi connectivity index (χ3n) is 5.42. The van der Waals surface area contributed by atoms with Crippen molar-refractivity contribution in [3.8, 4) is 0 Å². The SMILES string of the molecule is CC1(C)OB(c2csc(C(=O)NC3CCC(F)(F)CC3)c2)OC1(C)C. The molecule has 1 aromatic heterocycles. The summed E-state index contributed by atoms with van der Waals surface area (Å²) in [6.45, 7) is 7.91. The zero-order chi connectivity index (χ0) is 18.5. The minimum Gasteiger partial charge on any atom is -0.399 e. The van der Waals surface area contributed by atoms with E-state index in [2.05, 4.69) is 5.32 Å². The molecule has 4 nitrogen and oxygen atoms in total. The fraction of sp³-hybridized carbons (Fsp3) is 0.706. The van der Waals surface area contributed by atoms with Crippen LogP contribution in [-0.4, -0.2) is 36.2 Å². The quantitative estimate of drug-likeness (QED) is 0.829. The lowest BCUT2D eigenvalue weighted by molar-refractivity contribution is -0.0399. The number of carbonyl (C=O) groups is 1. The van der Waals surface area contributed by atoms with Crippen LogP contribution in [0.25, 0.3) is 0 Å². The van der Waals surface area contributed by atoms with E-state index in [0.717, 1.165) is 5.46 Å². The number of rotatable bonds is 3. The number of halogens is 2. The Balaban J connectivity index is 1.61. The molecule has 0 unspecified atom stereocenters. The molecule has 8 heteroatoms. The Kier molecular flexibility index (Phi) is 4.75. The van der Waals surface area contributed by atoms with Gasteiger partial charge in [-0.25, -0.2) is 8.78 Å². The molecule has 2 aliphatic rings. The average Bonchev–Trinajstić information content (AvgIpc) is 3.05. The molecule has 1 saturated heterocycles. The van der Waals surface area contributed by atoms with Gasteiger partial charge in [-0.3, -0.25) is 4.79 Å². The molecule has 0 bridgehead atoms. The molecule has 0 spiro atoms. The molecule has 0 aromatic carbocycles. The van der Waals surface area contributed by atoms with E-state index in [1.807, 2.05) is 33.1 Å². The molecule has 1 N–H and O–H groups in total. The van der Waals surface area contributed by atoms with E-state index < -0.39 is 24.2 Å². The fourth-order valence-corrected chi connectivity index (χ4v) is 3.83. The van der Waals surface area contributed by atoms with Crippen LogP contribution in [0.4, 0.5) is 8.78 Å². The van der Waals surface area contributed by atoms with Gasteiger partial charge in [0.15, 0.2) is 0 Å². The van der Waals surface area contributed by atoms with E-state index in [4.69, 9.17) is 9.31 Å². The molecule has 0 atom stereocenters. The van der Waals surface area contributed by atoms with Crippen molar-refractivity contribution in [1.82, 2.24) is 5.32 Å². The van der Waals surface area contributed by atoms with Crippen molar-refractivity contribution in [1.29, 1.82) is 0 Å². The Hall–Kier alpha value is -0.985. The summed E-state index contributed by atoms with van der Waals surface area (Å²) >= 11 is 1.31. The van der Waals surface area contributed by atoms with Gasteiger partial charge in [0.2, 0.25) is 5.92 Å². The van der Waals surface area contributed by atoms with Crippen molar-refractivity contribution in [2.75, 3.05) is 0 Å². The van der Waals surface area contributed by atoms with Gasteiger partial charge in [-0.15, -0.1) is 11.3 Å². The van der Waals surface area contributed by atoms with Gasteiger partial charge in [0.05, 0.1) is 16.1 Å². The summed E-state index contributed by atoms with van der Waals surface area (Å²) in [5.41, 5.74) is -0.0611. The average molecular weight is 371 g/mol. The zero-order valence-electron chi connectivity index (χ0n) is 15.0. The van der Waals surface area contributed by atoms with E-state index >= 15 is 0 Å². The summed E-state index contributed by atoms with van der Waals surface area (Å²) in [4.78, 5) is 12.9. The van der Waals surface area contributed by atoms with Gasteiger partial charge in [-0.2, -0.15) is 0 Å². The first-order valence-corrected chi connectivity index (χ1v) is 9.50. The number of hydrogen-bond acceptors (Lipinski definition) is 4. The second kappa shape index (κ2) is 6.32. The summed E-state index contributed by atoms with van der Waals surface area (Å²) in [6, 6.07) is 1.58. The van der Waals surface area contributed by atoms with Crippen molar-refractivity contribution in [2.45, 2.75) is 76.5 Å². The molecular weight excluding hydrogens is 347 g/mol. The van der Waals surface area contributed by atoms with Crippen LogP contribution in [-0.2, 0) is 9.31 Å². The van der Waals surface area contributed by atoms with Crippen molar-refractivity contribution in [2.24, 2.45) is 0 Å². The highest BCUT2D eigenvalue weighted by Crippen LogP contribution is 2.37. The van der Waals surface area contributed by atoms with Gasteiger partial charge >= 0.3 is 7.12 Å². The van der Waals surface area contributed by atoms with E-state index in [1.54, 1.807) is 6.07 Å². The number of hydrogen-bond donors (Lipinski definition) is 1. The van der Waals surface area contributed by atoms with Crippen LogP contribution < -0.4 is 10.8 Å². The second-order valence-electron chi connectivity index (χ2n) is 7.94. The first-order chi connectivity index (χ1) is 11.5. The Labute approximate surface area is 151 Å². The summed E-state index contributed by atoms with van der Waals surface area (Å²) in [7, 11) is -0.504. The first kappa shape index (κ1) is 18.8. The predicted octanol–water partition coefficient (Wildman–Crippen LogP) is 3.36. The van der Waals surface area contributed by atoms with E-state index in [-0.39, 0.29) is 24.8 Å². The summed E-state index contributed by atoms with van der Waals surface area (Å²) in [5, 5.41) is 4.72. The molecule has 1 aliphatic carbocycles. The molecular formula is C17H24BF2NO3S. The van der Waals surface area contributed by atoms with Gasteiger partial charge in [0.25, 0.3) is 5.91 Å². The maximum Gasteiger partial charge on any atom is 0.495 e. The third kappa shape index (κ3) is 3.91. The Morgan fingerprint density at radius 3 is 2.32 bits per heavy atom. The Bertz CT molecular complexity index is 636. The van der Waals surface area contributed by atoms with Crippen LogP contribution in [0.1, 0.15) is 63.0 Å². The standard InChI is InChI=1S/C17H24BF2NO3S/c1-15(2)16(3,4)24-18(23-15)11-9-13(25-10-11)14(22)21-12-5-7-17(19,20)8-6-12/h9-10,12H,5-8H2,1-4H3,(H,21,22). The number of carbonyl (C=O) groups excluding carboxylic acids is 1. The molecule has 2 fully saturated rings. The number of thiophene rings is 1. The molecule has 25 heavy (non-hydrogen) atoms. The van der Waals surface area contributed by atoms with Gasteiger partial charge in [0, 0.05) is 18.9 Å². The summed E-state index contributed by atoms with van der Waals surface area (Å²) in [6.07, 6.45) is 0.297. The molecule has 0 radical (unpaired) electrons. The van der Waals surface area contributed by atoms with Crippen molar-refractivity contribution in [3.05, 3.63) is 16.3 Å². The van der Waals surface area contributed by atoms with Crippen LogP contribution in [0.15, 0.2) is 11.4 Å².